The first-order valence-corrected chi connectivity index (χ1v) is 13.8. The van der Waals surface area contributed by atoms with Crippen LogP contribution in [0.1, 0.15) is 41.5 Å². The molecule has 0 bridgehead atoms. The average Bonchev–Trinajstić information content (AvgIpc) is 3.21. The predicted octanol–water partition coefficient (Wildman–Crippen LogP) is 4.20. The van der Waals surface area contributed by atoms with Crippen LogP contribution in [0, 0.1) is 0 Å². The number of hydrogen-bond acceptors (Lipinski definition) is 9. The van der Waals surface area contributed by atoms with Crippen LogP contribution in [0.2, 0.25) is 0 Å². The highest BCUT2D eigenvalue weighted by molar-refractivity contribution is 7.57. The Balaban J connectivity index is 1.73. The van der Waals surface area contributed by atoms with Gasteiger partial charge in [0.05, 0.1) is 37.2 Å². The highest BCUT2D eigenvalue weighted by atomic mass is 31.2. The predicted molar refractivity (Wildman–Crippen MR) is 139 cm³/mol. The summed E-state index contributed by atoms with van der Waals surface area (Å²) in [5.74, 6) is 0.781. The van der Waals surface area contributed by atoms with Gasteiger partial charge in [0.25, 0.3) is 0 Å². The second-order valence-electron chi connectivity index (χ2n) is 9.17. The normalized spacial score (nSPS) is 15.5. The topological polar surface area (TPSA) is 136 Å². The molecule has 1 unspecified atom stereocenters. The maximum atomic E-state index is 14.0. The Morgan fingerprint density at radius 3 is 2.31 bits per heavy atom. The van der Waals surface area contributed by atoms with Crippen molar-refractivity contribution in [1.29, 1.82) is 0 Å². The summed E-state index contributed by atoms with van der Waals surface area (Å²) in [6.45, 7) is 11.8. The molecule has 0 aliphatic rings. The molecule has 0 spiro atoms. The third-order valence-corrected chi connectivity index (χ3v) is 6.82. The number of nitrogens with zero attached hydrogens (tertiary/aromatic N) is 4. The first kappa shape index (κ1) is 28.0. The van der Waals surface area contributed by atoms with E-state index in [9.17, 15) is 4.57 Å². The first-order chi connectivity index (χ1) is 17.1. The Bertz CT molecular complexity index is 1130. The number of rotatable bonds is 14. The van der Waals surface area contributed by atoms with E-state index in [-0.39, 0.29) is 24.7 Å². The van der Waals surface area contributed by atoms with E-state index in [1.165, 1.54) is 6.33 Å². The largest absolute Gasteiger partial charge is 0.431 e. The number of imidazole rings is 1. The van der Waals surface area contributed by atoms with Crippen molar-refractivity contribution < 1.29 is 23.3 Å². The molecule has 0 saturated heterocycles. The van der Waals surface area contributed by atoms with E-state index in [1.54, 1.807) is 18.5 Å². The van der Waals surface area contributed by atoms with Crippen LogP contribution < -0.4 is 15.3 Å². The lowest BCUT2D eigenvalue weighted by atomic mass is 10.3. The first-order valence-electron chi connectivity index (χ1n) is 12.0. The van der Waals surface area contributed by atoms with Gasteiger partial charge in [0, 0.05) is 0 Å². The van der Waals surface area contributed by atoms with E-state index < -0.39 is 19.9 Å². The lowest BCUT2D eigenvalue weighted by Gasteiger charge is -2.31. The van der Waals surface area contributed by atoms with E-state index in [0.29, 0.717) is 29.3 Å². The van der Waals surface area contributed by atoms with Crippen molar-refractivity contribution >= 4 is 24.5 Å². The van der Waals surface area contributed by atoms with Gasteiger partial charge in [-0.05, 0) is 53.7 Å². The number of benzene rings is 1. The summed E-state index contributed by atoms with van der Waals surface area (Å²) in [6, 6.07) is 8.54. The maximum absolute atomic E-state index is 14.0. The third-order valence-electron chi connectivity index (χ3n) is 5.03. The summed E-state index contributed by atoms with van der Waals surface area (Å²) >= 11 is 0. The van der Waals surface area contributed by atoms with Crippen molar-refractivity contribution in [2.75, 3.05) is 12.1 Å². The van der Waals surface area contributed by atoms with Gasteiger partial charge in [-0.2, -0.15) is 0 Å². The second kappa shape index (κ2) is 12.6. The van der Waals surface area contributed by atoms with Gasteiger partial charge in [-0.1, -0.05) is 18.2 Å². The van der Waals surface area contributed by atoms with Crippen molar-refractivity contribution in [3.05, 3.63) is 43.0 Å². The van der Waals surface area contributed by atoms with E-state index in [1.807, 2.05) is 64.3 Å². The Morgan fingerprint density at radius 1 is 1.00 bits per heavy atom. The zero-order chi connectivity index (χ0) is 26.3. The molecule has 198 valence electrons. The molecule has 3 atom stereocenters. The molecule has 11 nitrogen and oxygen atoms in total. The minimum Gasteiger partial charge on any atom is -0.431 e. The molecule has 1 aromatic carbocycles. The molecule has 12 heteroatoms. The molecule has 2 heterocycles. The number of nitrogens with one attached hydrogen (secondary N) is 1. The van der Waals surface area contributed by atoms with Crippen LogP contribution >= 0.6 is 7.52 Å². The monoisotopic (exact) mass is 520 g/mol. The molecule has 3 N–H and O–H groups in total. The van der Waals surface area contributed by atoms with Gasteiger partial charge in [-0.3, -0.25) is 4.57 Å². The van der Waals surface area contributed by atoms with E-state index >= 15 is 0 Å². The lowest BCUT2D eigenvalue weighted by Crippen LogP contribution is -2.43. The molecule has 0 saturated carbocycles. The highest BCUT2D eigenvalue weighted by Crippen LogP contribution is 2.44. The molecule has 0 aliphatic heterocycles. The van der Waals surface area contributed by atoms with Gasteiger partial charge in [-0.15, -0.1) is 0 Å². The summed E-state index contributed by atoms with van der Waals surface area (Å²) < 4.78 is 39.7. The summed E-state index contributed by atoms with van der Waals surface area (Å²) in [4.78, 5) is 12.5. The number of ether oxygens (including phenoxy) is 3. The van der Waals surface area contributed by atoms with Crippen molar-refractivity contribution in [1.82, 2.24) is 24.6 Å². The van der Waals surface area contributed by atoms with Crippen LogP contribution in [0.5, 0.6) is 5.75 Å². The zero-order valence-electron chi connectivity index (χ0n) is 21.7. The number of aromatic nitrogens is 4. The third kappa shape index (κ3) is 7.97. The Morgan fingerprint density at radius 2 is 1.67 bits per heavy atom. The molecule has 0 fully saturated rings. The smallest absolute Gasteiger partial charge is 0.342 e. The SMILES string of the molecule is CC(C)OC(OC(C)C)[C@H](C)NP(=O)(CO[C@H](C)Cn1cnc2c(N)ncnc21)Oc1ccccc1. The Kier molecular flexibility index (Phi) is 9.81. The Labute approximate surface area is 212 Å². The number of hydrogen-bond donors (Lipinski definition) is 2. The summed E-state index contributed by atoms with van der Waals surface area (Å²) in [5.41, 5.74) is 7.01. The number of anilines is 1. The summed E-state index contributed by atoms with van der Waals surface area (Å²) in [5, 5.41) is 3.11. The van der Waals surface area contributed by atoms with Gasteiger partial charge in [0.1, 0.15) is 23.9 Å². The molecule has 0 amide bonds. The quantitative estimate of drug-likeness (QED) is 0.235. The number of nitrogen functional groups attached to an aromatic ring is 1. The minimum atomic E-state index is -3.54. The standard InChI is InChI=1S/C24H37N6O5P/c1-16(2)33-24(34-17(3)4)19(6)29-36(31,35-20-10-8-7-9-11-20)15-32-18(5)12-30-14-28-21-22(25)26-13-27-23(21)30/h7-11,13-14,16-19,24H,12,15H2,1-6H3,(H,29,31)(H2,25,26,27)/t18-,19+,36?/m1/s1. The fourth-order valence-electron chi connectivity index (χ4n) is 3.50. The van der Waals surface area contributed by atoms with Crippen LogP contribution in [0.4, 0.5) is 5.82 Å². The van der Waals surface area contributed by atoms with Gasteiger partial charge >= 0.3 is 7.52 Å². The fourth-order valence-corrected chi connectivity index (χ4v) is 5.34. The molecule has 3 aromatic rings. The highest BCUT2D eigenvalue weighted by Gasteiger charge is 2.33. The van der Waals surface area contributed by atoms with Crippen LogP contribution in [0.15, 0.2) is 43.0 Å². The van der Waals surface area contributed by atoms with Crippen molar-refractivity contribution in [3.8, 4) is 5.75 Å². The summed E-state index contributed by atoms with van der Waals surface area (Å²) in [7, 11) is -3.54. The number of para-hydroxylation sites is 1. The minimum absolute atomic E-state index is 0.0773. The molecule has 3 rings (SSSR count). The van der Waals surface area contributed by atoms with E-state index in [2.05, 4.69) is 20.0 Å². The molecule has 0 radical (unpaired) electrons. The number of fused-ring (bicyclic) bond motifs is 1. The summed E-state index contributed by atoms with van der Waals surface area (Å²) in [6.07, 6.45) is 1.73. The number of nitrogens with two attached hydrogens (primary N) is 1. The molecular weight excluding hydrogens is 483 g/mol. The maximum Gasteiger partial charge on any atom is 0.342 e. The van der Waals surface area contributed by atoms with Crippen LogP contribution in [-0.4, -0.2) is 56.5 Å². The lowest BCUT2D eigenvalue weighted by molar-refractivity contribution is -0.191. The Hall–Kier alpha value is -2.56. The van der Waals surface area contributed by atoms with E-state index in [4.69, 9.17) is 24.5 Å². The second-order valence-corrected chi connectivity index (χ2v) is 11.2. The molecule has 36 heavy (non-hydrogen) atoms. The molecular formula is C24H37N6O5P. The molecule has 2 aromatic heterocycles. The van der Waals surface area contributed by atoms with Crippen molar-refractivity contribution in [2.24, 2.45) is 0 Å². The van der Waals surface area contributed by atoms with Crippen LogP contribution in [0.3, 0.4) is 0 Å². The van der Waals surface area contributed by atoms with Crippen molar-refractivity contribution in [2.45, 2.75) is 78.7 Å². The van der Waals surface area contributed by atoms with Crippen LogP contribution in [-0.2, 0) is 25.3 Å². The van der Waals surface area contributed by atoms with E-state index in [0.717, 1.165) is 0 Å². The van der Waals surface area contributed by atoms with Gasteiger partial charge in [-0.25, -0.2) is 20.0 Å². The van der Waals surface area contributed by atoms with Gasteiger partial charge < -0.3 is 29.0 Å². The van der Waals surface area contributed by atoms with Gasteiger partial charge in [0.2, 0.25) is 0 Å². The van der Waals surface area contributed by atoms with Gasteiger partial charge in [0.15, 0.2) is 17.8 Å². The van der Waals surface area contributed by atoms with Crippen LogP contribution in [0.25, 0.3) is 11.2 Å². The van der Waals surface area contributed by atoms with Crippen molar-refractivity contribution in [3.63, 3.8) is 0 Å². The molecule has 0 aliphatic carbocycles. The zero-order valence-corrected chi connectivity index (χ0v) is 22.6. The average molecular weight is 521 g/mol. The fraction of sp³-hybridized carbons (Fsp3) is 0.542.